The third kappa shape index (κ3) is 4.62. The molecule has 0 unspecified atom stereocenters. The van der Waals surface area contributed by atoms with Crippen molar-refractivity contribution in [2.24, 2.45) is 5.92 Å². The van der Waals surface area contributed by atoms with Gasteiger partial charge in [-0.3, -0.25) is 9.69 Å². The summed E-state index contributed by atoms with van der Waals surface area (Å²) >= 11 is 0. The second-order valence-electron chi connectivity index (χ2n) is 4.47. The fourth-order valence-electron chi connectivity index (χ4n) is 2.29. The largest absolute Gasteiger partial charge is 0.480 e. The first kappa shape index (κ1) is 12.5. The molecular formula is C11H21NO3. The van der Waals surface area contributed by atoms with Gasteiger partial charge < -0.3 is 9.84 Å². The lowest BCUT2D eigenvalue weighted by Crippen LogP contribution is -2.33. The standard InChI is InChI=1S/C11H21NO3/c1-12(8-11(13)14)7-9-3-5-10(15-2)6-4-9/h9-10H,3-8H2,1-2H3,(H,13,14). The van der Waals surface area contributed by atoms with Gasteiger partial charge in [0.25, 0.3) is 0 Å². The highest BCUT2D eigenvalue weighted by atomic mass is 16.5. The fraction of sp³-hybridized carbons (Fsp3) is 0.909. The molecule has 1 rings (SSSR count). The van der Waals surface area contributed by atoms with Crippen molar-refractivity contribution in [3.8, 4) is 0 Å². The van der Waals surface area contributed by atoms with Crippen molar-refractivity contribution < 1.29 is 14.6 Å². The smallest absolute Gasteiger partial charge is 0.317 e. The number of aliphatic carboxylic acids is 1. The second-order valence-corrected chi connectivity index (χ2v) is 4.47. The molecule has 1 fully saturated rings. The summed E-state index contributed by atoms with van der Waals surface area (Å²) in [6.45, 7) is 1.03. The first-order valence-electron chi connectivity index (χ1n) is 5.55. The average molecular weight is 215 g/mol. The fourth-order valence-corrected chi connectivity index (χ4v) is 2.29. The molecule has 0 aromatic rings. The Morgan fingerprint density at radius 1 is 1.40 bits per heavy atom. The van der Waals surface area contributed by atoms with Gasteiger partial charge in [0, 0.05) is 13.7 Å². The number of ether oxygens (including phenoxy) is 1. The summed E-state index contributed by atoms with van der Waals surface area (Å²) in [6.07, 6.45) is 4.96. The number of hydrogen-bond donors (Lipinski definition) is 1. The molecule has 0 aromatic carbocycles. The first-order valence-corrected chi connectivity index (χ1v) is 5.55. The van der Waals surface area contributed by atoms with Crippen LogP contribution in [0.1, 0.15) is 25.7 Å². The monoisotopic (exact) mass is 215 g/mol. The van der Waals surface area contributed by atoms with Gasteiger partial charge in [-0.05, 0) is 38.6 Å². The zero-order chi connectivity index (χ0) is 11.3. The Kier molecular flexibility index (Phi) is 5.05. The molecule has 4 nitrogen and oxygen atoms in total. The molecule has 15 heavy (non-hydrogen) atoms. The zero-order valence-electron chi connectivity index (χ0n) is 9.61. The highest BCUT2D eigenvalue weighted by Crippen LogP contribution is 2.26. The second kappa shape index (κ2) is 6.08. The predicted octanol–water partition coefficient (Wildman–Crippen LogP) is 1.21. The van der Waals surface area contributed by atoms with Crippen molar-refractivity contribution >= 4 is 5.97 Å². The van der Waals surface area contributed by atoms with Gasteiger partial charge in [0.05, 0.1) is 12.6 Å². The SMILES string of the molecule is COC1CCC(CN(C)CC(=O)O)CC1. The molecule has 0 heterocycles. The maximum atomic E-state index is 10.5. The Bertz CT molecular complexity index is 200. The normalized spacial score (nSPS) is 26.9. The lowest BCUT2D eigenvalue weighted by atomic mass is 9.87. The Morgan fingerprint density at radius 2 is 2.00 bits per heavy atom. The molecule has 0 saturated heterocycles. The third-order valence-electron chi connectivity index (χ3n) is 3.10. The van der Waals surface area contributed by atoms with E-state index in [0.29, 0.717) is 12.0 Å². The van der Waals surface area contributed by atoms with E-state index < -0.39 is 5.97 Å². The molecule has 1 saturated carbocycles. The number of methoxy groups -OCH3 is 1. The van der Waals surface area contributed by atoms with Crippen LogP contribution in [-0.2, 0) is 9.53 Å². The van der Waals surface area contributed by atoms with Gasteiger partial charge in [-0.1, -0.05) is 0 Å². The Balaban J connectivity index is 2.20. The topological polar surface area (TPSA) is 49.8 Å². The van der Waals surface area contributed by atoms with Crippen molar-refractivity contribution in [1.82, 2.24) is 4.90 Å². The number of rotatable bonds is 5. The van der Waals surface area contributed by atoms with Gasteiger partial charge in [0.2, 0.25) is 0 Å². The van der Waals surface area contributed by atoms with E-state index in [-0.39, 0.29) is 6.54 Å². The highest BCUT2D eigenvalue weighted by molar-refractivity contribution is 5.68. The first-order chi connectivity index (χ1) is 7.11. The van der Waals surface area contributed by atoms with Gasteiger partial charge >= 0.3 is 5.97 Å². The number of carboxylic acids is 1. The molecule has 0 amide bonds. The Hall–Kier alpha value is -0.610. The van der Waals surface area contributed by atoms with E-state index in [1.54, 1.807) is 7.11 Å². The van der Waals surface area contributed by atoms with Crippen LogP contribution in [0.15, 0.2) is 0 Å². The van der Waals surface area contributed by atoms with Crippen LogP contribution in [0, 0.1) is 5.92 Å². The summed E-state index contributed by atoms with van der Waals surface area (Å²) in [4.78, 5) is 12.4. The van der Waals surface area contributed by atoms with Gasteiger partial charge in [0.15, 0.2) is 0 Å². The summed E-state index contributed by atoms with van der Waals surface area (Å²) in [7, 11) is 3.64. The van der Waals surface area contributed by atoms with Crippen molar-refractivity contribution in [2.75, 3.05) is 27.2 Å². The summed E-state index contributed by atoms with van der Waals surface area (Å²) in [5, 5.41) is 8.63. The van der Waals surface area contributed by atoms with E-state index >= 15 is 0 Å². The molecule has 1 aliphatic rings. The Labute approximate surface area is 91.2 Å². The van der Waals surface area contributed by atoms with Gasteiger partial charge in [-0.2, -0.15) is 0 Å². The van der Waals surface area contributed by atoms with E-state index in [2.05, 4.69) is 0 Å². The van der Waals surface area contributed by atoms with E-state index in [1.165, 1.54) is 0 Å². The minimum atomic E-state index is -0.747. The maximum absolute atomic E-state index is 10.5. The van der Waals surface area contributed by atoms with Crippen LogP contribution < -0.4 is 0 Å². The quantitative estimate of drug-likeness (QED) is 0.749. The van der Waals surface area contributed by atoms with E-state index in [4.69, 9.17) is 9.84 Å². The number of likely N-dealkylation sites (N-methyl/N-ethyl adjacent to an activating group) is 1. The molecule has 0 spiro atoms. The summed E-state index contributed by atoms with van der Waals surface area (Å²) in [6, 6.07) is 0. The molecule has 88 valence electrons. The van der Waals surface area contributed by atoms with Crippen molar-refractivity contribution in [3.05, 3.63) is 0 Å². The maximum Gasteiger partial charge on any atom is 0.317 e. The van der Waals surface area contributed by atoms with Crippen LogP contribution in [0.25, 0.3) is 0 Å². The zero-order valence-corrected chi connectivity index (χ0v) is 9.61. The minimum Gasteiger partial charge on any atom is -0.480 e. The summed E-state index contributed by atoms with van der Waals surface area (Å²) in [5.74, 6) is -0.108. The minimum absolute atomic E-state index is 0.143. The van der Waals surface area contributed by atoms with Crippen LogP contribution in [0.3, 0.4) is 0 Å². The predicted molar refractivity (Wildman–Crippen MR) is 57.9 cm³/mol. The van der Waals surface area contributed by atoms with E-state index in [9.17, 15) is 4.79 Å². The molecule has 0 radical (unpaired) electrons. The van der Waals surface area contributed by atoms with Crippen LogP contribution in [-0.4, -0.2) is 49.3 Å². The van der Waals surface area contributed by atoms with Crippen LogP contribution in [0.2, 0.25) is 0 Å². The number of carbonyl (C=O) groups is 1. The summed E-state index contributed by atoms with van der Waals surface area (Å²) < 4.78 is 5.30. The van der Waals surface area contributed by atoms with Gasteiger partial charge in [-0.15, -0.1) is 0 Å². The molecule has 0 bridgehead atoms. The van der Waals surface area contributed by atoms with Crippen molar-refractivity contribution in [1.29, 1.82) is 0 Å². The van der Waals surface area contributed by atoms with E-state index in [0.717, 1.165) is 32.2 Å². The Morgan fingerprint density at radius 3 is 2.47 bits per heavy atom. The summed E-state index contributed by atoms with van der Waals surface area (Å²) in [5.41, 5.74) is 0. The molecule has 4 heteroatoms. The number of nitrogens with zero attached hydrogens (tertiary/aromatic N) is 1. The van der Waals surface area contributed by atoms with Crippen molar-refractivity contribution in [2.45, 2.75) is 31.8 Å². The molecular weight excluding hydrogens is 194 g/mol. The molecule has 0 atom stereocenters. The molecule has 0 aliphatic heterocycles. The lowest BCUT2D eigenvalue weighted by Gasteiger charge is -2.30. The van der Waals surface area contributed by atoms with Crippen molar-refractivity contribution in [3.63, 3.8) is 0 Å². The van der Waals surface area contributed by atoms with Gasteiger partial charge in [-0.25, -0.2) is 0 Å². The lowest BCUT2D eigenvalue weighted by molar-refractivity contribution is -0.138. The molecule has 1 aliphatic carbocycles. The van der Waals surface area contributed by atoms with E-state index in [1.807, 2.05) is 11.9 Å². The third-order valence-corrected chi connectivity index (χ3v) is 3.10. The van der Waals surface area contributed by atoms with Crippen LogP contribution in [0.5, 0.6) is 0 Å². The highest BCUT2D eigenvalue weighted by Gasteiger charge is 2.22. The number of carboxylic acid groups (broad SMARTS) is 1. The van der Waals surface area contributed by atoms with Gasteiger partial charge in [0.1, 0.15) is 0 Å². The number of hydrogen-bond acceptors (Lipinski definition) is 3. The van der Waals surface area contributed by atoms with Crippen LogP contribution >= 0.6 is 0 Å². The molecule has 0 aromatic heterocycles. The van der Waals surface area contributed by atoms with Crippen LogP contribution in [0.4, 0.5) is 0 Å². The average Bonchev–Trinajstić information content (AvgIpc) is 2.17. The molecule has 1 N–H and O–H groups in total.